The fourth-order valence-electron chi connectivity index (χ4n) is 2.09. The molecule has 0 saturated carbocycles. The van der Waals surface area contributed by atoms with Crippen molar-refractivity contribution in [1.29, 1.82) is 0 Å². The van der Waals surface area contributed by atoms with E-state index in [4.69, 9.17) is 0 Å². The number of benzene rings is 2. The highest BCUT2D eigenvalue weighted by Crippen LogP contribution is 2.19. The molecule has 0 fully saturated rings. The van der Waals surface area contributed by atoms with Crippen LogP contribution in [0.2, 0.25) is 0 Å². The minimum atomic E-state index is -1.45. The number of aryl methyl sites for hydroxylation is 1. The molecular formula is C17H20OP. The third-order valence-corrected chi connectivity index (χ3v) is 4.76. The molecule has 2 aromatic rings. The Kier molecular flexibility index (Phi) is 5.30. The first kappa shape index (κ1) is 14.0. The highest BCUT2D eigenvalue weighted by atomic mass is 31.1. The Hall–Kier alpha value is -1.46. The molecule has 1 atom stereocenters. The number of hydrogen-bond acceptors (Lipinski definition) is 1. The summed E-state index contributed by atoms with van der Waals surface area (Å²) in [5.41, 5.74) is 1.34. The third-order valence-electron chi connectivity index (χ3n) is 3.23. The molecule has 0 heterocycles. The lowest BCUT2D eigenvalue weighted by molar-refractivity contribution is 0.598. The predicted molar refractivity (Wildman–Crippen MR) is 83.0 cm³/mol. The zero-order valence-corrected chi connectivity index (χ0v) is 12.3. The summed E-state index contributed by atoms with van der Waals surface area (Å²) in [5.74, 6) is 0. The monoisotopic (exact) mass is 271 g/mol. The number of rotatable bonds is 6. The van der Waals surface area contributed by atoms with Crippen molar-refractivity contribution in [2.45, 2.75) is 32.6 Å². The second kappa shape index (κ2) is 7.21. The summed E-state index contributed by atoms with van der Waals surface area (Å²) in [6.45, 7) is 2.22. The van der Waals surface area contributed by atoms with Crippen LogP contribution in [0.1, 0.15) is 31.7 Å². The summed E-state index contributed by atoms with van der Waals surface area (Å²) in [7, 11) is -1.45. The van der Waals surface area contributed by atoms with Gasteiger partial charge in [0.15, 0.2) is 0 Å². The Bertz CT molecular complexity index is 517. The van der Waals surface area contributed by atoms with E-state index in [9.17, 15) is 4.57 Å². The molecule has 0 amide bonds. The number of unbranched alkanes of at least 4 members (excludes halogenated alkanes) is 2. The molecule has 1 unspecified atom stereocenters. The van der Waals surface area contributed by atoms with Crippen LogP contribution in [0.25, 0.3) is 0 Å². The van der Waals surface area contributed by atoms with Gasteiger partial charge in [0.05, 0.1) is 0 Å². The zero-order valence-electron chi connectivity index (χ0n) is 11.4. The molecule has 0 bridgehead atoms. The molecule has 0 aromatic heterocycles. The first-order valence-electron chi connectivity index (χ1n) is 6.92. The van der Waals surface area contributed by atoms with Crippen molar-refractivity contribution in [3.8, 4) is 0 Å². The van der Waals surface area contributed by atoms with Gasteiger partial charge in [-0.1, -0.05) is 50.1 Å². The van der Waals surface area contributed by atoms with Gasteiger partial charge in [0.25, 0.3) is 0 Å². The van der Waals surface area contributed by atoms with Gasteiger partial charge in [-0.05, 0) is 42.7 Å². The molecule has 19 heavy (non-hydrogen) atoms. The maximum absolute atomic E-state index is 12.4. The van der Waals surface area contributed by atoms with Gasteiger partial charge >= 0.3 is 0 Å². The lowest BCUT2D eigenvalue weighted by atomic mass is 10.1. The van der Waals surface area contributed by atoms with Crippen molar-refractivity contribution in [1.82, 2.24) is 0 Å². The molecule has 0 aliphatic heterocycles. The van der Waals surface area contributed by atoms with E-state index in [1.807, 2.05) is 42.5 Å². The Morgan fingerprint density at radius 1 is 0.842 bits per heavy atom. The van der Waals surface area contributed by atoms with Crippen LogP contribution in [0, 0.1) is 0 Å². The second-order valence-corrected chi connectivity index (χ2v) is 6.38. The standard InChI is InChI=1S/C17H20OP/c1-2-3-5-8-15-11-13-17(14-12-15)19(18)16-9-6-4-7-10-16/h4,6-7,9-14H,2-3,5,8H2,1H3. The maximum Gasteiger partial charge on any atom is 0.136 e. The molecule has 0 aliphatic carbocycles. The molecule has 1 radical (unpaired) electrons. The van der Waals surface area contributed by atoms with E-state index in [0.29, 0.717) is 0 Å². The first-order chi connectivity index (χ1) is 9.31. The van der Waals surface area contributed by atoms with Gasteiger partial charge in [0.2, 0.25) is 0 Å². The van der Waals surface area contributed by atoms with E-state index in [1.54, 1.807) is 0 Å². The molecule has 0 aliphatic rings. The van der Waals surface area contributed by atoms with E-state index in [-0.39, 0.29) is 0 Å². The molecule has 2 rings (SSSR count). The summed E-state index contributed by atoms with van der Waals surface area (Å²) in [6, 6.07) is 17.9. The van der Waals surface area contributed by atoms with Gasteiger partial charge in [-0.25, -0.2) is 0 Å². The smallest absolute Gasteiger partial charge is 0.136 e. The van der Waals surface area contributed by atoms with Crippen LogP contribution in [0.15, 0.2) is 54.6 Å². The Morgan fingerprint density at radius 2 is 1.47 bits per heavy atom. The van der Waals surface area contributed by atoms with Crippen molar-refractivity contribution >= 4 is 18.4 Å². The lowest BCUT2D eigenvalue weighted by Crippen LogP contribution is -2.06. The summed E-state index contributed by atoms with van der Waals surface area (Å²) < 4.78 is 12.4. The number of hydrogen-bond donors (Lipinski definition) is 0. The molecule has 0 N–H and O–H groups in total. The fraction of sp³-hybridized carbons (Fsp3) is 0.294. The van der Waals surface area contributed by atoms with Crippen molar-refractivity contribution in [3.63, 3.8) is 0 Å². The molecular weight excluding hydrogens is 251 g/mol. The van der Waals surface area contributed by atoms with Crippen LogP contribution in [0.4, 0.5) is 0 Å². The van der Waals surface area contributed by atoms with Crippen LogP contribution in [-0.2, 0) is 11.0 Å². The highest BCUT2D eigenvalue weighted by molar-refractivity contribution is 7.61. The van der Waals surface area contributed by atoms with E-state index in [1.165, 1.54) is 24.8 Å². The van der Waals surface area contributed by atoms with Crippen LogP contribution in [0.3, 0.4) is 0 Å². The van der Waals surface area contributed by atoms with Gasteiger partial charge in [-0.2, -0.15) is 0 Å². The fourth-order valence-corrected chi connectivity index (χ4v) is 3.25. The average molecular weight is 271 g/mol. The van der Waals surface area contributed by atoms with Gasteiger partial charge in [0, 0.05) is 10.6 Å². The Balaban J connectivity index is 2.04. The largest absolute Gasteiger partial charge is 0.277 e. The van der Waals surface area contributed by atoms with Crippen LogP contribution < -0.4 is 10.6 Å². The van der Waals surface area contributed by atoms with Gasteiger partial charge < -0.3 is 0 Å². The minimum absolute atomic E-state index is 0.899. The molecule has 0 saturated heterocycles. The van der Waals surface area contributed by atoms with E-state index < -0.39 is 7.80 Å². The van der Waals surface area contributed by atoms with Crippen LogP contribution in [0.5, 0.6) is 0 Å². The van der Waals surface area contributed by atoms with Crippen molar-refractivity contribution < 1.29 is 4.57 Å². The quantitative estimate of drug-likeness (QED) is 0.568. The predicted octanol–water partition coefficient (Wildman–Crippen LogP) is 4.20. The summed E-state index contributed by atoms with van der Waals surface area (Å²) >= 11 is 0. The molecule has 99 valence electrons. The normalized spacial score (nSPS) is 11.3. The molecule has 1 nitrogen and oxygen atoms in total. The molecule has 2 heteroatoms. The Morgan fingerprint density at radius 3 is 2.11 bits per heavy atom. The summed E-state index contributed by atoms with van der Waals surface area (Å²) in [6.07, 6.45) is 4.88. The maximum atomic E-state index is 12.4. The SMILES string of the molecule is CCCCCc1ccc([P](=O)c2ccccc2)cc1. The van der Waals surface area contributed by atoms with Crippen molar-refractivity contribution in [2.24, 2.45) is 0 Å². The van der Waals surface area contributed by atoms with Crippen molar-refractivity contribution in [3.05, 3.63) is 60.2 Å². The minimum Gasteiger partial charge on any atom is -0.277 e. The van der Waals surface area contributed by atoms with Crippen LogP contribution in [-0.4, -0.2) is 0 Å². The molecule has 0 spiro atoms. The van der Waals surface area contributed by atoms with E-state index >= 15 is 0 Å². The van der Waals surface area contributed by atoms with Gasteiger partial charge in [0.1, 0.15) is 7.80 Å². The highest BCUT2D eigenvalue weighted by Gasteiger charge is 2.06. The second-order valence-electron chi connectivity index (χ2n) is 4.75. The third kappa shape index (κ3) is 4.01. The van der Waals surface area contributed by atoms with Crippen LogP contribution >= 0.6 is 7.80 Å². The zero-order chi connectivity index (χ0) is 13.5. The first-order valence-corrected chi connectivity index (χ1v) is 8.18. The van der Waals surface area contributed by atoms with Crippen molar-refractivity contribution in [2.75, 3.05) is 0 Å². The lowest BCUT2D eigenvalue weighted by Gasteiger charge is -2.04. The average Bonchev–Trinajstić information content (AvgIpc) is 2.48. The Labute approximate surface area is 116 Å². The summed E-state index contributed by atoms with van der Waals surface area (Å²) in [4.78, 5) is 0. The van der Waals surface area contributed by atoms with E-state index in [2.05, 4.69) is 19.1 Å². The van der Waals surface area contributed by atoms with Gasteiger partial charge in [-0.15, -0.1) is 0 Å². The topological polar surface area (TPSA) is 17.1 Å². The summed E-state index contributed by atoms with van der Waals surface area (Å²) in [5, 5.41) is 1.82. The molecule has 2 aromatic carbocycles. The van der Waals surface area contributed by atoms with Gasteiger partial charge in [-0.3, -0.25) is 4.57 Å². The van der Waals surface area contributed by atoms with E-state index in [0.717, 1.165) is 17.0 Å².